The van der Waals surface area contributed by atoms with Crippen molar-refractivity contribution in [1.82, 2.24) is 5.48 Å². The molecule has 6 heteroatoms. The fraction of sp³-hybridized carbons (Fsp3) is 0.778. The number of aliphatic carboxylic acids is 1. The Labute approximate surface area is 88.7 Å². The number of amides is 1. The van der Waals surface area contributed by atoms with Crippen LogP contribution in [0.5, 0.6) is 0 Å². The molecule has 0 spiro atoms. The molecule has 0 saturated carbocycles. The van der Waals surface area contributed by atoms with E-state index in [4.69, 9.17) is 10.8 Å². The van der Waals surface area contributed by atoms with E-state index in [0.717, 1.165) is 0 Å². The zero-order valence-corrected chi connectivity index (χ0v) is 9.24. The van der Waals surface area contributed by atoms with Crippen LogP contribution in [0.1, 0.15) is 27.2 Å². The Balaban J connectivity index is 3.79. The van der Waals surface area contributed by atoms with Crippen LogP contribution >= 0.6 is 0 Å². The molecule has 1 unspecified atom stereocenters. The lowest BCUT2D eigenvalue weighted by molar-refractivity contribution is -0.149. The van der Waals surface area contributed by atoms with E-state index in [9.17, 15) is 9.59 Å². The van der Waals surface area contributed by atoms with Crippen molar-refractivity contribution < 1.29 is 19.5 Å². The molecule has 0 aliphatic heterocycles. The van der Waals surface area contributed by atoms with Crippen molar-refractivity contribution in [3.63, 3.8) is 0 Å². The number of nitrogens with one attached hydrogen (secondary N) is 1. The van der Waals surface area contributed by atoms with Gasteiger partial charge >= 0.3 is 5.97 Å². The molecular weight excluding hydrogens is 200 g/mol. The lowest BCUT2D eigenvalue weighted by atomic mass is 9.85. The lowest BCUT2D eigenvalue weighted by Gasteiger charge is -2.26. The van der Waals surface area contributed by atoms with Gasteiger partial charge in [-0.15, -0.1) is 0 Å². The Morgan fingerprint density at radius 3 is 2.40 bits per heavy atom. The second-order valence-corrected chi connectivity index (χ2v) is 4.38. The van der Waals surface area contributed by atoms with Crippen molar-refractivity contribution in [3.05, 3.63) is 0 Å². The van der Waals surface area contributed by atoms with Crippen molar-refractivity contribution in [2.75, 3.05) is 6.61 Å². The quantitative estimate of drug-likeness (QED) is 0.558. The van der Waals surface area contributed by atoms with Gasteiger partial charge in [-0.05, 0) is 5.41 Å². The summed E-state index contributed by atoms with van der Waals surface area (Å²) in [7, 11) is 0. The van der Waals surface area contributed by atoms with E-state index in [2.05, 4.69) is 4.84 Å². The number of rotatable bonds is 5. The third-order valence-corrected chi connectivity index (χ3v) is 1.90. The van der Waals surface area contributed by atoms with Crippen LogP contribution in [-0.4, -0.2) is 29.6 Å². The number of hydroxylamine groups is 1. The summed E-state index contributed by atoms with van der Waals surface area (Å²) in [6.07, 6.45) is 0.100. The van der Waals surface area contributed by atoms with Crippen LogP contribution in [0.15, 0.2) is 0 Å². The van der Waals surface area contributed by atoms with E-state index in [-0.39, 0.29) is 17.9 Å². The number of carbonyl (C=O) groups is 2. The summed E-state index contributed by atoms with van der Waals surface area (Å²) in [6, 6.07) is -0.300. The molecule has 0 saturated heterocycles. The van der Waals surface area contributed by atoms with Crippen LogP contribution in [0.3, 0.4) is 0 Å². The number of nitrogens with two attached hydrogens (primary N) is 1. The van der Waals surface area contributed by atoms with Crippen molar-refractivity contribution in [2.24, 2.45) is 11.1 Å². The second-order valence-electron chi connectivity index (χ2n) is 4.38. The maximum atomic E-state index is 11.2. The van der Waals surface area contributed by atoms with E-state index in [0.29, 0.717) is 0 Å². The van der Waals surface area contributed by atoms with Gasteiger partial charge in [0, 0.05) is 12.5 Å². The van der Waals surface area contributed by atoms with E-state index in [1.807, 2.05) is 26.3 Å². The average molecular weight is 218 g/mol. The minimum Gasteiger partial charge on any atom is -0.479 e. The van der Waals surface area contributed by atoms with Crippen LogP contribution in [-0.2, 0) is 14.4 Å². The first-order valence-corrected chi connectivity index (χ1v) is 4.61. The highest BCUT2D eigenvalue weighted by Crippen LogP contribution is 2.19. The largest absolute Gasteiger partial charge is 0.479 e. The maximum Gasteiger partial charge on any atom is 0.332 e. The molecule has 1 amide bonds. The zero-order valence-electron chi connectivity index (χ0n) is 9.24. The topological polar surface area (TPSA) is 102 Å². The molecule has 6 nitrogen and oxygen atoms in total. The minimum atomic E-state index is -1.14. The number of carbonyl (C=O) groups excluding carboxylic acids is 1. The molecule has 1 atom stereocenters. The predicted octanol–water partition coefficient (Wildman–Crippen LogP) is -0.118. The molecule has 0 aromatic carbocycles. The molecule has 0 bridgehead atoms. The molecular formula is C9H18N2O4. The highest BCUT2D eigenvalue weighted by atomic mass is 16.7. The van der Waals surface area contributed by atoms with Gasteiger partial charge in [0.25, 0.3) is 0 Å². The van der Waals surface area contributed by atoms with Gasteiger partial charge in [-0.3, -0.25) is 9.63 Å². The SMILES string of the molecule is CC(C)(C)C(N)CC(=O)NOCC(=O)O. The summed E-state index contributed by atoms with van der Waals surface area (Å²) in [5, 5.41) is 8.24. The first kappa shape index (κ1) is 13.9. The third kappa shape index (κ3) is 6.87. The molecule has 0 heterocycles. The zero-order chi connectivity index (χ0) is 12.1. The minimum absolute atomic E-state index is 0.100. The summed E-state index contributed by atoms with van der Waals surface area (Å²) in [5.41, 5.74) is 7.59. The van der Waals surface area contributed by atoms with Gasteiger partial charge in [0.1, 0.15) is 0 Å². The van der Waals surface area contributed by atoms with Crippen LogP contribution < -0.4 is 11.2 Å². The Morgan fingerprint density at radius 2 is 2.00 bits per heavy atom. The smallest absolute Gasteiger partial charge is 0.332 e. The van der Waals surface area contributed by atoms with E-state index < -0.39 is 18.5 Å². The summed E-state index contributed by atoms with van der Waals surface area (Å²) >= 11 is 0. The first-order chi connectivity index (χ1) is 6.73. The first-order valence-electron chi connectivity index (χ1n) is 4.61. The molecule has 0 aromatic heterocycles. The Morgan fingerprint density at radius 1 is 1.47 bits per heavy atom. The molecule has 0 aliphatic rings. The number of carboxylic acids is 1. The van der Waals surface area contributed by atoms with Crippen LogP contribution in [0.2, 0.25) is 0 Å². The van der Waals surface area contributed by atoms with E-state index in [1.54, 1.807) is 0 Å². The van der Waals surface area contributed by atoms with Gasteiger partial charge in [-0.25, -0.2) is 10.3 Å². The van der Waals surface area contributed by atoms with Crippen molar-refractivity contribution in [1.29, 1.82) is 0 Å². The van der Waals surface area contributed by atoms with Gasteiger partial charge in [-0.1, -0.05) is 20.8 Å². The Hall–Kier alpha value is -1.14. The monoisotopic (exact) mass is 218 g/mol. The summed E-state index contributed by atoms with van der Waals surface area (Å²) in [4.78, 5) is 25.6. The molecule has 0 rings (SSSR count). The summed E-state index contributed by atoms with van der Waals surface area (Å²) in [6.45, 7) is 5.20. The standard InChI is InChI=1S/C9H18N2O4/c1-9(2,3)6(10)4-7(12)11-15-5-8(13)14/h6H,4-5,10H2,1-3H3,(H,11,12)(H,13,14). The van der Waals surface area contributed by atoms with Gasteiger partial charge in [-0.2, -0.15) is 0 Å². The number of hydrogen-bond acceptors (Lipinski definition) is 4. The van der Waals surface area contributed by atoms with E-state index in [1.165, 1.54) is 0 Å². The highest BCUT2D eigenvalue weighted by molar-refractivity contribution is 5.76. The van der Waals surface area contributed by atoms with Gasteiger partial charge < -0.3 is 10.8 Å². The average Bonchev–Trinajstić information content (AvgIpc) is 2.01. The fourth-order valence-corrected chi connectivity index (χ4v) is 0.726. The van der Waals surface area contributed by atoms with Crippen molar-refractivity contribution >= 4 is 11.9 Å². The van der Waals surface area contributed by atoms with Gasteiger partial charge in [0.15, 0.2) is 6.61 Å². The predicted molar refractivity (Wildman–Crippen MR) is 53.8 cm³/mol. The Kier molecular flexibility index (Phi) is 5.24. The molecule has 88 valence electrons. The third-order valence-electron chi connectivity index (χ3n) is 1.90. The highest BCUT2D eigenvalue weighted by Gasteiger charge is 2.23. The van der Waals surface area contributed by atoms with Crippen LogP contribution in [0.25, 0.3) is 0 Å². The molecule has 4 N–H and O–H groups in total. The van der Waals surface area contributed by atoms with Crippen molar-refractivity contribution in [3.8, 4) is 0 Å². The number of hydrogen-bond donors (Lipinski definition) is 3. The number of carboxylic acid groups (broad SMARTS) is 1. The van der Waals surface area contributed by atoms with Crippen LogP contribution in [0, 0.1) is 5.41 Å². The van der Waals surface area contributed by atoms with Crippen LogP contribution in [0.4, 0.5) is 0 Å². The normalized spacial score (nSPS) is 13.3. The van der Waals surface area contributed by atoms with Crippen molar-refractivity contribution in [2.45, 2.75) is 33.2 Å². The fourth-order valence-electron chi connectivity index (χ4n) is 0.726. The van der Waals surface area contributed by atoms with Gasteiger partial charge in [0.05, 0.1) is 0 Å². The molecule has 0 aromatic rings. The van der Waals surface area contributed by atoms with Gasteiger partial charge in [0.2, 0.25) is 5.91 Å². The molecule has 15 heavy (non-hydrogen) atoms. The Bertz CT molecular complexity index is 235. The second kappa shape index (κ2) is 5.67. The molecule has 0 radical (unpaired) electrons. The lowest BCUT2D eigenvalue weighted by Crippen LogP contribution is -2.40. The summed E-state index contributed by atoms with van der Waals surface area (Å²) in [5.74, 6) is -1.56. The maximum absolute atomic E-state index is 11.2. The molecule has 0 aliphatic carbocycles. The van der Waals surface area contributed by atoms with E-state index >= 15 is 0 Å². The summed E-state index contributed by atoms with van der Waals surface area (Å²) < 4.78 is 0. The molecule has 0 fully saturated rings.